The zero-order valence-electron chi connectivity index (χ0n) is 18.3. The fourth-order valence-corrected chi connectivity index (χ4v) is 6.46. The van der Waals surface area contributed by atoms with Gasteiger partial charge in [-0.3, -0.25) is 9.32 Å². The van der Waals surface area contributed by atoms with Gasteiger partial charge in [-0.1, -0.05) is 30.4 Å². The molecule has 0 amide bonds. The van der Waals surface area contributed by atoms with Crippen LogP contribution in [0.5, 0.6) is 5.75 Å². The summed E-state index contributed by atoms with van der Waals surface area (Å²) in [6, 6.07) is 7.74. The molecule has 0 radical (unpaired) electrons. The molecule has 5 rings (SSSR count). The second-order valence-electron chi connectivity index (χ2n) is 8.36. The lowest BCUT2D eigenvalue weighted by atomic mass is 10.1. The number of hydrogen-bond acceptors (Lipinski definition) is 8. The van der Waals surface area contributed by atoms with Crippen molar-refractivity contribution in [2.24, 2.45) is 5.92 Å². The van der Waals surface area contributed by atoms with Crippen LogP contribution in [0.3, 0.4) is 0 Å². The average Bonchev–Trinajstić information content (AvgIpc) is 3.58. The molecule has 11 nitrogen and oxygen atoms in total. The van der Waals surface area contributed by atoms with Crippen LogP contribution in [-0.4, -0.2) is 54.5 Å². The van der Waals surface area contributed by atoms with Crippen molar-refractivity contribution in [2.75, 3.05) is 18.9 Å². The summed E-state index contributed by atoms with van der Waals surface area (Å²) in [6.45, 7) is 0.441. The standard InChI is InChI=1S/C22H25N6O5P/c23-20-19-21(25-13-24-20)27(14-26-19)16-9-8-15(11-16)12-32-34(31,33-17-5-2-1-3-6-17)28-10-4-7-18(28)22(29)30/h1-3,5-6,8-9,13-16,18H,4,7,10-12H2,(H,29,30)(H2,23,24,25)/t15-,16+,18+,34?/m0/s1. The molecule has 1 aliphatic heterocycles. The van der Waals surface area contributed by atoms with Crippen molar-refractivity contribution in [1.29, 1.82) is 0 Å². The van der Waals surface area contributed by atoms with E-state index in [1.54, 1.807) is 30.6 Å². The Bertz CT molecular complexity index is 1270. The molecule has 1 unspecified atom stereocenters. The van der Waals surface area contributed by atoms with Crippen LogP contribution in [0.15, 0.2) is 55.1 Å². The number of para-hydroxylation sites is 1. The summed E-state index contributed by atoms with van der Waals surface area (Å²) in [6.07, 6.45) is 8.76. The molecule has 4 atom stereocenters. The van der Waals surface area contributed by atoms with Crippen molar-refractivity contribution in [3.63, 3.8) is 0 Å². The molecule has 1 aliphatic carbocycles. The van der Waals surface area contributed by atoms with Crippen LogP contribution in [0.4, 0.5) is 5.82 Å². The average molecular weight is 484 g/mol. The summed E-state index contributed by atoms with van der Waals surface area (Å²) in [5.41, 5.74) is 7.08. The largest absolute Gasteiger partial charge is 0.480 e. The summed E-state index contributed by atoms with van der Waals surface area (Å²) in [4.78, 5) is 24.4. The van der Waals surface area contributed by atoms with Crippen molar-refractivity contribution in [3.05, 3.63) is 55.1 Å². The number of imidazole rings is 1. The van der Waals surface area contributed by atoms with Crippen LogP contribution in [0.1, 0.15) is 25.3 Å². The number of rotatable bonds is 8. The minimum atomic E-state index is -3.91. The number of fused-ring (bicyclic) bond motifs is 1. The van der Waals surface area contributed by atoms with Gasteiger partial charge in [0, 0.05) is 12.5 Å². The number of nitrogen functional groups attached to an aromatic ring is 1. The fraction of sp³-hybridized carbons (Fsp3) is 0.364. The first kappa shape index (κ1) is 22.5. The molecule has 2 aromatic heterocycles. The van der Waals surface area contributed by atoms with E-state index in [9.17, 15) is 14.5 Å². The zero-order valence-corrected chi connectivity index (χ0v) is 19.2. The second-order valence-corrected chi connectivity index (χ2v) is 10.3. The summed E-state index contributed by atoms with van der Waals surface area (Å²) in [5.74, 6) is -0.403. The number of hydrogen-bond donors (Lipinski definition) is 2. The predicted octanol–water partition coefficient (Wildman–Crippen LogP) is 3.28. The van der Waals surface area contributed by atoms with Gasteiger partial charge in [-0.05, 0) is 31.4 Å². The molecule has 3 heterocycles. The van der Waals surface area contributed by atoms with Crippen LogP contribution in [0, 0.1) is 5.92 Å². The number of nitrogens with zero attached hydrogens (tertiary/aromatic N) is 5. The topological polar surface area (TPSA) is 146 Å². The molecule has 0 spiro atoms. The smallest absolute Gasteiger partial charge is 0.462 e. The molecule has 3 N–H and O–H groups in total. The molecule has 1 saturated heterocycles. The minimum Gasteiger partial charge on any atom is -0.480 e. The zero-order chi connectivity index (χ0) is 23.7. The van der Waals surface area contributed by atoms with Gasteiger partial charge >= 0.3 is 13.7 Å². The van der Waals surface area contributed by atoms with Crippen LogP contribution in [0.25, 0.3) is 11.2 Å². The Morgan fingerprint density at radius 2 is 2.03 bits per heavy atom. The maximum absolute atomic E-state index is 13.9. The maximum atomic E-state index is 13.9. The summed E-state index contributed by atoms with van der Waals surface area (Å²) < 4.78 is 29.0. The van der Waals surface area contributed by atoms with Gasteiger partial charge in [0.25, 0.3) is 0 Å². The van der Waals surface area contributed by atoms with E-state index >= 15 is 0 Å². The van der Waals surface area contributed by atoms with E-state index in [1.807, 2.05) is 22.8 Å². The fourth-order valence-electron chi connectivity index (χ4n) is 4.45. The van der Waals surface area contributed by atoms with E-state index in [4.69, 9.17) is 14.8 Å². The Hall–Kier alpha value is -3.27. The summed E-state index contributed by atoms with van der Waals surface area (Å²) in [5, 5.41) is 9.63. The van der Waals surface area contributed by atoms with Crippen LogP contribution < -0.4 is 10.3 Å². The molecule has 3 aromatic rings. The lowest BCUT2D eigenvalue weighted by Crippen LogP contribution is -2.35. The molecule has 178 valence electrons. The monoisotopic (exact) mass is 484 g/mol. The van der Waals surface area contributed by atoms with Gasteiger partial charge in [0.05, 0.1) is 19.0 Å². The van der Waals surface area contributed by atoms with E-state index < -0.39 is 19.8 Å². The number of carboxylic acids is 1. The third kappa shape index (κ3) is 4.29. The van der Waals surface area contributed by atoms with E-state index in [0.29, 0.717) is 48.5 Å². The van der Waals surface area contributed by atoms with Crippen LogP contribution in [-0.2, 0) is 13.9 Å². The third-order valence-electron chi connectivity index (χ3n) is 6.13. The number of allylic oxidation sites excluding steroid dienone is 1. The molecule has 12 heteroatoms. The highest BCUT2D eigenvalue weighted by atomic mass is 31.2. The molecular formula is C22H25N6O5P. The first-order valence-corrected chi connectivity index (χ1v) is 12.5. The highest BCUT2D eigenvalue weighted by Crippen LogP contribution is 2.55. The summed E-state index contributed by atoms with van der Waals surface area (Å²) in [7, 11) is -3.91. The van der Waals surface area contributed by atoms with Crippen molar-refractivity contribution in [1.82, 2.24) is 24.2 Å². The van der Waals surface area contributed by atoms with E-state index in [-0.39, 0.29) is 18.6 Å². The molecule has 2 aliphatic rings. The first-order chi connectivity index (χ1) is 16.4. The number of aromatic nitrogens is 4. The lowest BCUT2D eigenvalue weighted by Gasteiger charge is -2.30. The van der Waals surface area contributed by atoms with Crippen molar-refractivity contribution in [2.45, 2.75) is 31.3 Å². The van der Waals surface area contributed by atoms with E-state index in [2.05, 4.69) is 15.0 Å². The first-order valence-electron chi connectivity index (χ1n) is 11.0. The quantitative estimate of drug-likeness (QED) is 0.361. The Labute approximate surface area is 195 Å². The molecule has 0 bridgehead atoms. The van der Waals surface area contributed by atoms with Gasteiger partial charge in [-0.25, -0.2) is 19.5 Å². The maximum Gasteiger partial charge on any atom is 0.462 e. The van der Waals surface area contributed by atoms with E-state index in [1.165, 1.54) is 11.0 Å². The highest BCUT2D eigenvalue weighted by Gasteiger charge is 2.46. The predicted molar refractivity (Wildman–Crippen MR) is 124 cm³/mol. The van der Waals surface area contributed by atoms with E-state index in [0.717, 1.165) is 0 Å². The van der Waals surface area contributed by atoms with Gasteiger partial charge in [0.2, 0.25) is 0 Å². The van der Waals surface area contributed by atoms with Crippen molar-refractivity contribution >= 4 is 30.7 Å². The summed E-state index contributed by atoms with van der Waals surface area (Å²) >= 11 is 0. The molecule has 0 saturated carbocycles. The van der Waals surface area contributed by atoms with Crippen LogP contribution in [0.2, 0.25) is 0 Å². The Balaban J connectivity index is 1.31. The lowest BCUT2D eigenvalue weighted by molar-refractivity contribution is -0.141. The number of benzene rings is 1. The highest BCUT2D eigenvalue weighted by molar-refractivity contribution is 7.51. The molecular weight excluding hydrogens is 459 g/mol. The number of aliphatic carboxylic acids is 1. The van der Waals surface area contributed by atoms with Crippen LogP contribution >= 0.6 is 7.75 Å². The normalized spacial score (nSPS) is 24.4. The molecule has 1 aromatic carbocycles. The Morgan fingerprint density at radius 3 is 2.82 bits per heavy atom. The van der Waals surface area contributed by atoms with Gasteiger partial charge < -0.3 is 19.9 Å². The molecule has 34 heavy (non-hydrogen) atoms. The van der Waals surface area contributed by atoms with Gasteiger partial charge in [-0.15, -0.1) is 0 Å². The number of carbonyl (C=O) groups is 1. The number of nitrogens with two attached hydrogens (primary N) is 1. The Kier molecular flexibility index (Phi) is 6.07. The SMILES string of the molecule is Nc1ncnc2c1ncn2[C@@H]1C=C[C@H](COP(=O)(Oc2ccccc2)N2CCC[C@@H]2C(=O)O)C1. The Morgan fingerprint density at radius 1 is 1.21 bits per heavy atom. The number of anilines is 1. The van der Waals surface area contributed by atoms with Crippen molar-refractivity contribution < 1.29 is 23.5 Å². The minimum absolute atomic E-state index is 0.0270. The number of carboxylic acid groups (broad SMARTS) is 1. The van der Waals surface area contributed by atoms with Gasteiger partial charge in [-0.2, -0.15) is 4.67 Å². The third-order valence-corrected chi connectivity index (χ3v) is 8.16. The van der Waals surface area contributed by atoms with Gasteiger partial charge in [0.15, 0.2) is 11.5 Å². The van der Waals surface area contributed by atoms with Crippen molar-refractivity contribution in [3.8, 4) is 5.75 Å². The second kappa shape index (κ2) is 9.17. The van der Waals surface area contributed by atoms with Gasteiger partial charge in [0.1, 0.15) is 23.6 Å². The molecule has 1 fully saturated rings.